The van der Waals surface area contributed by atoms with Crippen LogP contribution >= 0.6 is 0 Å². The van der Waals surface area contributed by atoms with Crippen LogP contribution in [-0.4, -0.2) is 32.9 Å². The van der Waals surface area contributed by atoms with E-state index in [1.807, 2.05) is 6.92 Å². The van der Waals surface area contributed by atoms with Crippen LogP contribution in [0.4, 0.5) is 14.6 Å². The first-order valence-corrected chi connectivity index (χ1v) is 10.0. The van der Waals surface area contributed by atoms with Crippen LogP contribution in [0.15, 0.2) is 35.3 Å². The number of hydrogen-bond donors (Lipinski definition) is 2. The average Bonchev–Trinajstić information content (AvgIpc) is 3.14. The van der Waals surface area contributed by atoms with Gasteiger partial charge in [-0.25, -0.2) is 18.7 Å². The second-order valence-corrected chi connectivity index (χ2v) is 8.11. The number of aliphatic hydroxyl groups excluding tert-OH is 1. The highest BCUT2D eigenvalue weighted by atomic mass is 19.3. The molecule has 0 spiro atoms. The van der Waals surface area contributed by atoms with Crippen LogP contribution in [0.25, 0.3) is 10.9 Å². The van der Waals surface area contributed by atoms with Crippen molar-refractivity contribution in [2.45, 2.75) is 45.4 Å². The van der Waals surface area contributed by atoms with Crippen LogP contribution in [0.1, 0.15) is 48.5 Å². The predicted molar refractivity (Wildman–Crippen MR) is 112 cm³/mol. The van der Waals surface area contributed by atoms with E-state index in [1.54, 1.807) is 30.7 Å². The van der Waals surface area contributed by atoms with Crippen molar-refractivity contribution < 1.29 is 18.6 Å². The van der Waals surface area contributed by atoms with Crippen LogP contribution in [0.5, 0.6) is 0 Å². The SMILES string of the molecule is Cc1nc(N[C@H](O)c2cccc(C(F)F)c2C)c2cn([C@@]3(C)CCOC3)c(=O)cc2n1. The highest BCUT2D eigenvalue weighted by molar-refractivity contribution is 5.88. The molecule has 1 aliphatic rings. The second kappa shape index (κ2) is 7.97. The van der Waals surface area contributed by atoms with Crippen molar-refractivity contribution in [3.8, 4) is 0 Å². The van der Waals surface area contributed by atoms with Crippen molar-refractivity contribution in [1.82, 2.24) is 14.5 Å². The molecule has 2 aromatic heterocycles. The lowest BCUT2D eigenvalue weighted by Gasteiger charge is -2.26. The molecule has 1 aromatic carbocycles. The van der Waals surface area contributed by atoms with Gasteiger partial charge in [0.05, 0.1) is 23.0 Å². The molecular formula is C22H24F2N4O3. The van der Waals surface area contributed by atoms with Crippen LogP contribution < -0.4 is 10.9 Å². The van der Waals surface area contributed by atoms with Gasteiger partial charge in [-0.2, -0.15) is 0 Å². The lowest BCUT2D eigenvalue weighted by molar-refractivity contribution is 0.149. The minimum Gasteiger partial charge on any atom is -0.379 e. The standard InChI is InChI=1S/C22H24F2N4O3/c1-12-14(19(23)24)5-4-6-15(12)21(30)27-20-16-10-28(22(3)7-8-31-11-22)18(29)9-17(16)25-13(2)26-20/h4-6,9-10,19,21,30H,7-8,11H2,1-3H3,(H,25,26,27)/t21-,22+/m1/s1. The number of hydrogen-bond acceptors (Lipinski definition) is 6. The van der Waals surface area contributed by atoms with E-state index in [-0.39, 0.29) is 11.1 Å². The quantitative estimate of drug-likeness (QED) is 0.602. The van der Waals surface area contributed by atoms with Gasteiger partial charge in [0.25, 0.3) is 12.0 Å². The molecule has 0 unspecified atom stereocenters. The lowest BCUT2D eigenvalue weighted by atomic mass is 10.0. The monoisotopic (exact) mass is 430 g/mol. The number of aromatic nitrogens is 3. The highest BCUT2D eigenvalue weighted by Gasteiger charge is 2.33. The Bertz CT molecular complexity index is 1190. The number of nitrogens with one attached hydrogen (secondary N) is 1. The molecule has 2 N–H and O–H groups in total. The summed E-state index contributed by atoms with van der Waals surface area (Å²) in [5, 5.41) is 14.2. The van der Waals surface area contributed by atoms with E-state index in [9.17, 15) is 18.7 Å². The molecule has 3 aromatic rings. The molecule has 0 saturated carbocycles. The summed E-state index contributed by atoms with van der Waals surface area (Å²) in [4.78, 5) is 21.5. The van der Waals surface area contributed by atoms with E-state index < -0.39 is 18.2 Å². The van der Waals surface area contributed by atoms with E-state index in [1.165, 1.54) is 18.2 Å². The van der Waals surface area contributed by atoms with Gasteiger partial charge in [0, 0.05) is 30.0 Å². The molecule has 3 heterocycles. The number of aliphatic hydroxyl groups is 1. The van der Waals surface area contributed by atoms with Crippen molar-refractivity contribution >= 4 is 16.7 Å². The van der Waals surface area contributed by atoms with Crippen LogP contribution in [0.2, 0.25) is 0 Å². The number of rotatable bonds is 5. The highest BCUT2D eigenvalue weighted by Crippen LogP contribution is 2.31. The molecule has 31 heavy (non-hydrogen) atoms. The van der Waals surface area contributed by atoms with E-state index in [2.05, 4.69) is 15.3 Å². The Morgan fingerprint density at radius 3 is 2.68 bits per heavy atom. The third-order valence-corrected chi connectivity index (χ3v) is 5.84. The smallest absolute Gasteiger partial charge is 0.264 e. The predicted octanol–water partition coefficient (Wildman–Crippen LogP) is 3.58. The Labute approximate surface area is 177 Å². The van der Waals surface area contributed by atoms with Gasteiger partial charge in [0.2, 0.25) is 0 Å². The van der Waals surface area contributed by atoms with Crippen molar-refractivity contribution in [2.75, 3.05) is 18.5 Å². The number of fused-ring (bicyclic) bond motifs is 1. The summed E-state index contributed by atoms with van der Waals surface area (Å²) in [6.45, 7) is 6.15. The molecule has 0 bridgehead atoms. The van der Waals surface area contributed by atoms with Crippen molar-refractivity contribution in [1.29, 1.82) is 0 Å². The summed E-state index contributed by atoms with van der Waals surface area (Å²) >= 11 is 0. The van der Waals surface area contributed by atoms with E-state index in [0.717, 1.165) is 0 Å². The summed E-state index contributed by atoms with van der Waals surface area (Å²) in [6.07, 6.45) is -1.56. The van der Waals surface area contributed by atoms with Gasteiger partial charge in [-0.05, 0) is 32.8 Å². The third kappa shape index (κ3) is 3.90. The van der Waals surface area contributed by atoms with Crippen LogP contribution in [0, 0.1) is 13.8 Å². The lowest BCUT2D eigenvalue weighted by Crippen LogP contribution is -2.38. The van der Waals surface area contributed by atoms with Gasteiger partial charge in [-0.15, -0.1) is 0 Å². The van der Waals surface area contributed by atoms with Crippen LogP contribution in [-0.2, 0) is 10.3 Å². The first-order chi connectivity index (χ1) is 14.7. The summed E-state index contributed by atoms with van der Waals surface area (Å²) < 4.78 is 33.6. The first-order valence-electron chi connectivity index (χ1n) is 10.0. The zero-order chi connectivity index (χ0) is 22.3. The second-order valence-electron chi connectivity index (χ2n) is 8.11. The van der Waals surface area contributed by atoms with E-state index in [4.69, 9.17) is 4.74 Å². The maximum atomic E-state index is 13.3. The maximum Gasteiger partial charge on any atom is 0.264 e. The molecule has 4 rings (SSSR count). The number of aryl methyl sites for hydroxylation is 1. The molecule has 2 atom stereocenters. The molecule has 0 amide bonds. The topological polar surface area (TPSA) is 89.3 Å². The number of halogens is 2. The molecule has 7 nitrogen and oxygen atoms in total. The molecule has 1 fully saturated rings. The number of pyridine rings is 1. The van der Waals surface area contributed by atoms with Gasteiger partial charge in [0.1, 0.15) is 11.6 Å². The number of benzene rings is 1. The van der Waals surface area contributed by atoms with E-state index >= 15 is 0 Å². The normalized spacial score (nSPS) is 19.8. The van der Waals surface area contributed by atoms with Crippen molar-refractivity contribution in [3.05, 3.63) is 63.3 Å². The Morgan fingerprint density at radius 2 is 2.00 bits per heavy atom. The van der Waals surface area contributed by atoms with Crippen molar-refractivity contribution in [3.63, 3.8) is 0 Å². The zero-order valence-corrected chi connectivity index (χ0v) is 17.5. The molecule has 1 saturated heterocycles. The number of nitrogens with zero attached hydrogens (tertiary/aromatic N) is 3. The fourth-order valence-corrected chi connectivity index (χ4v) is 4.01. The molecule has 1 aliphatic heterocycles. The summed E-state index contributed by atoms with van der Waals surface area (Å²) in [5.41, 5.74) is 0.236. The van der Waals surface area contributed by atoms with Crippen LogP contribution in [0.3, 0.4) is 0 Å². The molecule has 164 valence electrons. The minimum atomic E-state index is -2.64. The third-order valence-electron chi connectivity index (χ3n) is 5.84. The fourth-order valence-electron chi connectivity index (χ4n) is 4.01. The summed E-state index contributed by atoms with van der Waals surface area (Å²) in [5.74, 6) is 0.723. The number of ether oxygens (including phenoxy) is 1. The zero-order valence-electron chi connectivity index (χ0n) is 17.5. The Hall–Kier alpha value is -2.91. The largest absolute Gasteiger partial charge is 0.379 e. The molecule has 0 radical (unpaired) electrons. The van der Waals surface area contributed by atoms with Gasteiger partial charge in [-0.3, -0.25) is 4.79 Å². The summed E-state index contributed by atoms with van der Waals surface area (Å²) in [6, 6.07) is 5.84. The number of alkyl halides is 2. The Balaban J connectivity index is 1.79. The van der Waals surface area contributed by atoms with Crippen molar-refractivity contribution in [2.24, 2.45) is 0 Å². The first kappa shape index (κ1) is 21.3. The van der Waals surface area contributed by atoms with Gasteiger partial charge in [0.15, 0.2) is 6.23 Å². The average molecular weight is 430 g/mol. The molecule has 9 heteroatoms. The van der Waals surface area contributed by atoms with E-state index in [0.29, 0.717) is 53.3 Å². The van der Waals surface area contributed by atoms with Gasteiger partial charge in [-0.1, -0.05) is 18.2 Å². The van der Waals surface area contributed by atoms with Gasteiger partial charge >= 0.3 is 0 Å². The Kier molecular flexibility index (Phi) is 5.49. The Morgan fingerprint density at radius 1 is 1.26 bits per heavy atom. The summed E-state index contributed by atoms with van der Waals surface area (Å²) in [7, 11) is 0. The minimum absolute atomic E-state index is 0.134. The molecular weight excluding hydrogens is 406 g/mol. The fraction of sp³-hybridized carbons (Fsp3) is 0.409. The number of anilines is 1. The maximum absolute atomic E-state index is 13.3. The molecule has 0 aliphatic carbocycles. The van der Waals surface area contributed by atoms with Gasteiger partial charge < -0.3 is 19.7 Å².